The summed E-state index contributed by atoms with van der Waals surface area (Å²) < 4.78 is 2.07. The molecule has 0 aromatic carbocycles. The molecule has 1 aromatic heterocycles. The highest BCUT2D eigenvalue weighted by atomic mass is 15.3. The minimum absolute atomic E-state index is 0.449. The predicted molar refractivity (Wildman–Crippen MR) is 86.2 cm³/mol. The molecule has 1 N–H and O–H groups in total. The second-order valence-electron chi connectivity index (χ2n) is 7.47. The Hall–Kier alpha value is -0.870. The van der Waals surface area contributed by atoms with Gasteiger partial charge in [0.1, 0.15) is 0 Å². The molecular formula is C17H30N4. The quantitative estimate of drug-likeness (QED) is 0.905. The van der Waals surface area contributed by atoms with Gasteiger partial charge >= 0.3 is 0 Å². The van der Waals surface area contributed by atoms with Crippen molar-refractivity contribution in [3.63, 3.8) is 0 Å². The summed E-state index contributed by atoms with van der Waals surface area (Å²) in [5.74, 6) is 1.61. The SMILES string of the molecule is CC(C)C1CN(Cc2ccn(C(C)C)n2)C(C2CC2)CN1. The van der Waals surface area contributed by atoms with Crippen LogP contribution in [0.5, 0.6) is 0 Å². The fraction of sp³-hybridized carbons (Fsp3) is 0.824. The van der Waals surface area contributed by atoms with E-state index in [9.17, 15) is 0 Å². The maximum atomic E-state index is 4.74. The number of piperazine rings is 1. The van der Waals surface area contributed by atoms with E-state index >= 15 is 0 Å². The Labute approximate surface area is 128 Å². The van der Waals surface area contributed by atoms with Crippen molar-refractivity contribution in [2.45, 2.75) is 65.2 Å². The summed E-state index contributed by atoms with van der Waals surface area (Å²) in [4.78, 5) is 2.69. The smallest absolute Gasteiger partial charge is 0.0765 e. The summed E-state index contributed by atoms with van der Waals surface area (Å²) >= 11 is 0. The number of rotatable bonds is 5. The van der Waals surface area contributed by atoms with Gasteiger partial charge in [0.2, 0.25) is 0 Å². The van der Waals surface area contributed by atoms with Gasteiger partial charge in [-0.2, -0.15) is 5.10 Å². The summed E-state index contributed by atoms with van der Waals surface area (Å²) in [5.41, 5.74) is 1.22. The normalized spacial score (nSPS) is 27.7. The standard InChI is InChI=1S/C17H30N4/c1-12(2)16-11-20(17(9-18-16)14-5-6-14)10-15-7-8-21(19-15)13(3)4/h7-8,12-14,16-18H,5-6,9-11H2,1-4H3. The van der Waals surface area contributed by atoms with Crippen LogP contribution in [0, 0.1) is 11.8 Å². The summed E-state index contributed by atoms with van der Waals surface area (Å²) in [6.45, 7) is 12.3. The number of nitrogens with zero attached hydrogens (tertiary/aromatic N) is 3. The van der Waals surface area contributed by atoms with Gasteiger partial charge < -0.3 is 5.32 Å². The molecule has 118 valence electrons. The first-order valence-corrected chi connectivity index (χ1v) is 8.56. The zero-order valence-electron chi connectivity index (χ0n) is 13.9. The molecule has 2 atom stereocenters. The average molecular weight is 290 g/mol. The third-order valence-corrected chi connectivity index (χ3v) is 5.02. The lowest BCUT2D eigenvalue weighted by molar-refractivity contribution is 0.0911. The van der Waals surface area contributed by atoms with Crippen molar-refractivity contribution >= 4 is 0 Å². The molecule has 2 fully saturated rings. The molecule has 2 aliphatic rings. The second kappa shape index (κ2) is 6.09. The Bertz CT molecular complexity index is 461. The number of hydrogen-bond donors (Lipinski definition) is 1. The highest BCUT2D eigenvalue weighted by Crippen LogP contribution is 2.37. The molecule has 1 aliphatic carbocycles. The van der Waals surface area contributed by atoms with Crippen molar-refractivity contribution in [1.29, 1.82) is 0 Å². The van der Waals surface area contributed by atoms with Crippen molar-refractivity contribution in [3.05, 3.63) is 18.0 Å². The number of hydrogen-bond acceptors (Lipinski definition) is 3. The van der Waals surface area contributed by atoms with Gasteiger partial charge in [-0.1, -0.05) is 13.8 Å². The Kier molecular flexibility index (Phi) is 4.36. The molecule has 2 heterocycles. The molecule has 1 aromatic rings. The summed E-state index contributed by atoms with van der Waals surface area (Å²) in [7, 11) is 0. The van der Waals surface area contributed by atoms with Crippen LogP contribution in [0.3, 0.4) is 0 Å². The van der Waals surface area contributed by atoms with Crippen LogP contribution in [0.25, 0.3) is 0 Å². The maximum absolute atomic E-state index is 4.74. The highest BCUT2D eigenvalue weighted by molar-refractivity contribution is 5.03. The first-order valence-electron chi connectivity index (χ1n) is 8.56. The molecule has 1 saturated carbocycles. The van der Waals surface area contributed by atoms with E-state index in [2.05, 4.69) is 54.9 Å². The fourth-order valence-electron chi connectivity index (χ4n) is 3.39. The minimum Gasteiger partial charge on any atom is -0.311 e. The van der Waals surface area contributed by atoms with Crippen molar-refractivity contribution in [2.24, 2.45) is 11.8 Å². The van der Waals surface area contributed by atoms with Crippen LogP contribution in [0.15, 0.2) is 12.3 Å². The monoisotopic (exact) mass is 290 g/mol. The molecule has 0 radical (unpaired) electrons. The fourth-order valence-corrected chi connectivity index (χ4v) is 3.39. The van der Waals surface area contributed by atoms with Gasteiger partial charge in [0.25, 0.3) is 0 Å². The van der Waals surface area contributed by atoms with Crippen molar-refractivity contribution in [1.82, 2.24) is 20.0 Å². The zero-order valence-corrected chi connectivity index (χ0v) is 13.9. The van der Waals surface area contributed by atoms with E-state index in [1.807, 2.05) is 0 Å². The molecular weight excluding hydrogens is 260 g/mol. The minimum atomic E-state index is 0.449. The van der Waals surface area contributed by atoms with E-state index in [0.717, 1.165) is 25.6 Å². The van der Waals surface area contributed by atoms with Crippen LogP contribution in [0.1, 0.15) is 52.3 Å². The molecule has 1 aliphatic heterocycles. The Morgan fingerprint density at radius 1 is 1.29 bits per heavy atom. The van der Waals surface area contributed by atoms with E-state index in [1.165, 1.54) is 18.5 Å². The van der Waals surface area contributed by atoms with Crippen LogP contribution in [0.4, 0.5) is 0 Å². The molecule has 4 nitrogen and oxygen atoms in total. The molecule has 21 heavy (non-hydrogen) atoms. The Morgan fingerprint density at radius 3 is 2.62 bits per heavy atom. The van der Waals surface area contributed by atoms with Crippen LogP contribution in [0.2, 0.25) is 0 Å². The molecule has 2 unspecified atom stereocenters. The van der Waals surface area contributed by atoms with Crippen molar-refractivity contribution in [3.8, 4) is 0 Å². The lowest BCUT2D eigenvalue weighted by atomic mass is 9.97. The topological polar surface area (TPSA) is 33.1 Å². The van der Waals surface area contributed by atoms with Gasteiger partial charge in [0, 0.05) is 44.0 Å². The van der Waals surface area contributed by atoms with Crippen LogP contribution < -0.4 is 5.32 Å². The Balaban J connectivity index is 1.69. The maximum Gasteiger partial charge on any atom is 0.0765 e. The first kappa shape index (κ1) is 15.0. The average Bonchev–Trinajstić information content (AvgIpc) is 3.17. The highest BCUT2D eigenvalue weighted by Gasteiger charge is 2.39. The van der Waals surface area contributed by atoms with E-state index in [-0.39, 0.29) is 0 Å². The van der Waals surface area contributed by atoms with Crippen LogP contribution >= 0.6 is 0 Å². The van der Waals surface area contributed by atoms with Crippen LogP contribution in [-0.2, 0) is 6.54 Å². The number of aromatic nitrogens is 2. The molecule has 4 heteroatoms. The van der Waals surface area contributed by atoms with E-state index in [1.54, 1.807) is 0 Å². The van der Waals surface area contributed by atoms with Crippen molar-refractivity contribution in [2.75, 3.05) is 13.1 Å². The van der Waals surface area contributed by atoms with Gasteiger partial charge in [0.15, 0.2) is 0 Å². The largest absolute Gasteiger partial charge is 0.311 e. The molecule has 0 amide bonds. The van der Waals surface area contributed by atoms with Gasteiger partial charge in [-0.25, -0.2) is 0 Å². The van der Waals surface area contributed by atoms with Gasteiger partial charge in [-0.05, 0) is 44.6 Å². The summed E-state index contributed by atoms with van der Waals surface area (Å²) in [5, 5.41) is 8.50. The second-order valence-corrected chi connectivity index (χ2v) is 7.47. The van der Waals surface area contributed by atoms with Crippen molar-refractivity contribution < 1.29 is 0 Å². The Morgan fingerprint density at radius 2 is 2.05 bits per heavy atom. The van der Waals surface area contributed by atoms with Gasteiger partial charge in [-0.3, -0.25) is 9.58 Å². The first-order chi connectivity index (χ1) is 10.0. The summed E-state index contributed by atoms with van der Waals surface area (Å²) in [6, 6.07) is 3.97. The molecule has 3 rings (SSSR count). The number of nitrogens with one attached hydrogen (secondary N) is 1. The van der Waals surface area contributed by atoms with E-state index in [0.29, 0.717) is 24.0 Å². The van der Waals surface area contributed by atoms with Gasteiger partial charge in [0.05, 0.1) is 5.69 Å². The third-order valence-electron chi connectivity index (χ3n) is 5.02. The lowest BCUT2D eigenvalue weighted by Crippen LogP contribution is -2.58. The third kappa shape index (κ3) is 3.49. The summed E-state index contributed by atoms with van der Waals surface area (Å²) in [6.07, 6.45) is 4.94. The molecule has 0 spiro atoms. The lowest BCUT2D eigenvalue weighted by Gasteiger charge is -2.42. The molecule has 1 saturated heterocycles. The molecule has 0 bridgehead atoms. The van der Waals surface area contributed by atoms with Gasteiger partial charge in [-0.15, -0.1) is 0 Å². The van der Waals surface area contributed by atoms with Crippen LogP contribution in [-0.4, -0.2) is 39.9 Å². The van der Waals surface area contributed by atoms with E-state index < -0.39 is 0 Å². The van der Waals surface area contributed by atoms with E-state index in [4.69, 9.17) is 5.10 Å². The zero-order chi connectivity index (χ0) is 15.0. The predicted octanol–water partition coefficient (Wildman–Crippen LogP) is 2.67.